The first-order valence-electron chi connectivity index (χ1n) is 12.7. The summed E-state index contributed by atoms with van der Waals surface area (Å²) >= 11 is 10.3. The molecule has 6 aromatic carbocycles. The Balaban J connectivity index is 0.000000139. The summed E-state index contributed by atoms with van der Waals surface area (Å²) in [5.74, 6) is -0.894. The molecule has 6 aromatic rings. The third-order valence-corrected chi connectivity index (χ3v) is 7.85. The average Bonchev–Trinajstić information content (AvgIpc) is 2.97. The summed E-state index contributed by atoms with van der Waals surface area (Å²) in [6, 6.07) is 35.9. The lowest BCUT2D eigenvalue weighted by Crippen LogP contribution is -1.94. The second-order valence-electron chi connectivity index (χ2n) is 9.17. The standard InChI is InChI=1S/C12H11Br.C11H7BrO2.C11H9BrO/c1-2-9-3-4-11-8-12(13)6-5-10(11)7-9;12-10-4-3-7-5-9(11(13)14)2-1-8(7)6-10;12-11-4-3-9-5-8(7-13)1-2-10(9)6-11/h3-8H,2H2,1H3;1-6H,(H,13,14);1-6,13H,7H2. The van der Waals surface area contributed by atoms with Crippen molar-refractivity contribution in [2.75, 3.05) is 0 Å². The Kier molecular flexibility index (Phi) is 10.5. The molecule has 2 N–H and O–H groups in total. The zero-order valence-electron chi connectivity index (χ0n) is 21.7. The highest BCUT2D eigenvalue weighted by Crippen LogP contribution is 2.23. The minimum Gasteiger partial charge on any atom is -0.478 e. The van der Waals surface area contributed by atoms with Crippen molar-refractivity contribution in [3.8, 4) is 0 Å². The van der Waals surface area contributed by atoms with E-state index in [1.807, 2.05) is 54.6 Å². The Hall–Kier alpha value is -3.03. The molecule has 3 nitrogen and oxygen atoms in total. The Morgan fingerprint density at radius 2 is 0.925 bits per heavy atom. The molecule has 0 amide bonds. The van der Waals surface area contributed by atoms with E-state index in [9.17, 15) is 4.79 Å². The van der Waals surface area contributed by atoms with E-state index in [0.29, 0.717) is 5.56 Å². The number of fused-ring (bicyclic) bond motifs is 3. The SMILES string of the molecule is CCc1ccc2cc(Br)ccc2c1.O=C(O)c1ccc2cc(Br)ccc2c1.OCc1ccc2cc(Br)ccc2c1. The number of carbonyl (C=O) groups is 1. The van der Waals surface area contributed by atoms with Crippen LogP contribution in [0.25, 0.3) is 32.3 Å². The van der Waals surface area contributed by atoms with Crippen LogP contribution in [-0.2, 0) is 13.0 Å². The lowest BCUT2D eigenvalue weighted by molar-refractivity contribution is 0.0697. The lowest BCUT2D eigenvalue weighted by atomic mass is 10.1. The van der Waals surface area contributed by atoms with Gasteiger partial charge in [0.15, 0.2) is 0 Å². The summed E-state index contributed by atoms with van der Waals surface area (Å²) in [4.78, 5) is 10.7. The number of halogens is 3. The minimum absolute atomic E-state index is 0.103. The maximum atomic E-state index is 10.7. The van der Waals surface area contributed by atoms with Gasteiger partial charge in [-0.05, 0) is 104 Å². The fraction of sp³-hybridized carbons (Fsp3) is 0.0882. The van der Waals surface area contributed by atoms with E-state index in [1.165, 1.54) is 21.7 Å². The highest BCUT2D eigenvalue weighted by Gasteiger charge is 2.03. The first-order valence-corrected chi connectivity index (χ1v) is 15.0. The van der Waals surface area contributed by atoms with Gasteiger partial charge in [-0.25, -0.2) is 4.79 Å². The van der Waals surface area contributed by atoms with Crippen molar-refractivity contribution in [2.24, 2.45) is 0 Å². The number of hydrogen-bond acceptors (Lipinski definition) is 2. The van der Waals surface area contributed by atoms with E-state index >= 15 is 0 Å². The van der Waals surface area contributed by atoms with Crippen LogP contribution < -0.4 is 0 Å². The predicted octanol–water partition coefficient (Wildman–Crippen LogP) is 10.6. The van der Waals surface area contributed by atoms with Gasteiger partial charge >= 0.3 is 5.97 Å². The molecule has 202 valence electrons. The van der Waals surface area contributed by atoms with Crippen LogP contribution in [0.2, 0.25) is 0 Å². The zero-order valence-corrected chi connectivity index (χ0v) is 26.5. The van der Waals surface area contributed by atoms with E-state index in [1.54, 1.807) is 12.1 Å². The van der Waals surface area contributed by atoms with Gasteiger partial charge in [-0.2, -0.15) is 0 Å². The highest BCUT2D eigenvalue weighted by atomic mass is 79.9. The van der Waals surface area contributed by atoms with Crippen molar-refractivity contribution in [1.29, 1.82) is 0 Å². The van der Waals surface area contributed by atoms with E-state index in [4.69, 9.17) is 10.2 Å². The molecule has 0 spiro atoms. The van der Waals surface area contributed by atoms with Crippen molar-refractivity contribution >= 4 is 86.1 Å². The van der Waals surface area contributed by atoms with Crippen LogP contribution in [0.4, 0.5) is 0 Å². The van der Waals surface area contributed by atoms with Crippen LogP contribution >= 0.6 is 47.8 Å². The molecule has 0 aromatic heterocycles. The fourth-order valence-electron chi connectivity index (χ4n) is 4.20. The maximum absolute atomic E-state index is 10.7. The summed E-state index contributed by atoms with van der Waals surface area (Å²) in [6.45, 7) is 2.28. The second kappa shape index (κ2) is 14.0. The van der Waals surface area contributed by atoms with Crippen molar-refractivity contribution in [1.82, 2.24) is 0 Å². The minimum atomic E-state index is -0.894. The predicted molar refractivity (Wildman–Crippen MR) is 177 cm³/mol. The normalized spacial score (nSPS) is 10.5. The van der Waals surface area contributed by atoms with Crippen LogP contribution in [0, 0.1) is 0 Å². The molecule has 0 heterocycles. The molecule has 0 aliphatic rings. The third kappa shape index (κ3) is 8.01. The number of rotatable bonds is 3. The molecule has 0 unspecified atom stereocenters. The Morgan fingerprint density at radius 1 is 0.550 bits per heavy atom. The topological polar surface area (TPSA) is 57.5 Å². The first kappa shape index (κ1) is 29.9. The van der Waals surface area contributed by atoms with Gasteiger partial charge < -0.3 is 10.2 Å². The molecule has 40 heavy (non-hydrogen) atoms. The van der Waals surface area contributed by atoms with Crippen molar-refractivity contribution < 1.29 is 15.0 Å². The molecular formula is C34H27Br3O3. The van der Waals surface area contributed by atoms with Crippen molar-refractivity contribution in [3.05, 3.63) is 139 Å². The average molecular weight is 723 g/mol. The van der Waals surface area contributed by atoms with Gasteiger partial charge in [-0.1, -0.05) is 109 Å². The molecule has 0 aliphatic carbocycles. The summed E-state index contributed by atoms with van der Waals surface area (Å²) < 4.78 is 3.22. The van der Waals surface area contributed by atoms with E-state index in [-0.39, 0.29) is 6.61 Å². The Morgan fingerprint density at radius 3 is 1.38 bits per heavy atom. The van der Waals surface area contributed by atoms with Crippen LogP contribution in [0.1, 0.15) is 28.4 Å². The lowest BCUT2D eigenvalue weighted by Gasteiger charge is -2.01. The van der Waals surface area contributed by atoms with Gasteiger partial charge in [0.1, 0.15) is 0 Å². The van der Waals surface area contributed by atoms with Crippen LogP contribution in [-0.4, -0.2) is 16.2 Å². The fourth-order valence-corrected chi connectivity index (χ4v) is 5.34. The van der Waals surface area contributed by atoms with E-state index in [0.717, 1.165) is 41.6 Å². The Bertz CT molecular complexity index is 1710. The number of aliphatic hydroxyl groups is 1. The Labute approximate surface area is 258 Å². The molecule has 0 bridgehead atoms. The number of aryl methyl sites for hydroxylation is 1. The van der Waals surface area contributed by atoms with Crippen LogP contribution in [0.15, 0.2) is 123 Å². The van der Waals surface area contributed by atoms with E-state index in [2.05, 4.69) is 97.2 Å². The number of hydrogen-bond donors (Lipinski definition) is 2. The second-order valence-corrected chi connectivity index (χ2v) is 11.9. The quantitative estimate of drug-likeness (QED) is 0.191. The van der Waals surface area contributed by atoms with Crippen molar-refractivity contribution in [2.45, 2.75) is 20.0 Å². The van der Waals surface area contributed by atoms with Gasteiger partial charge in [0, 0.05) is 13.4 Å². The highest BCUT2D eigenvalue weighted by molar-refractivity contribution is 9.11. The van der Waals surface area contributed by atoms with Crippen LogP contribution in [0.3, 0.4) is 0 Å². The molecule has 0 fully saturated rings. The van der Waals surface area contributed by atoms with Gasteiger partial charge in [-0.3, -0.25) is 0 Å². The smallest absolute Gasteiger partial charge is 0.335 e. The number of aliphatic hydroxyl groups excluding tert-OH is 1. The van der Waals surface area contributed by atoms with Gasteiger partial charge in [0.05, 0.1) is 12.2 Å². The van der Waals surface area contributed by atoms with E-state index < -0.39 is 5.97 Å². The third-order valence-electron chi connectivity index (χ3n) is 6.37. The summed E-state index contributed by atoms with van der Waals surface area (Å²) in [6.07, 6.45) is 1.10. The molecule has 6 rings (SSSR count). The zero-order chi connectivity index (χ0) is 28.6. The molecule has 0 atom stereocenters. The molecule has 0 radical (unpaired) electrons. The largest absolute Gasteiger partial charge is 0.478 e. The van der Waals surface area contributed by atoms with Crippen LogP contribution in [0.5, 0.6) is 0 Å². The molecule has 0 saturated carbocycles. The first-order chi connectivity index (χ1) is 19.2. The number of benzene rings is 6. The molecule has 6 heteroatoms. The monoisotopic (exact) mass is 720 g/mol. The van der Waals surface area contributed by atoms with Crippen molar-refractivity contribution in [3.63, 3.8) is 0 Å². The maximum Gasteiger partial charge on any atom is 0.335 e. The number of aromatic carboxylic acids is 1. The summed E-state index contributed by atoms with van der Waals surface area (Å²) in [5, 5.41) is 24.7. The molecule has 0 saturated heterocycles. The molecular weight excluding hydrogens is 696 g/mol. The van der Waals surface area contributed by atoms with Gasteiger partial charge in [0.25, 0.3) is 0 Å². The summed E-state index contributed by atoms with van der Waals surface area (Å²) in [7, 11) is 0. The number of carboxylic acids is 1. The van der Waals surface area contributed by atoms with Gasteiger partial charge in [0.2, 0.25) is 0 Å². The summed E-state index contributed by atoms with van der Waals surface area (Å²) in [5.41, 5.74) is 2.67. The number of carboxylic acid groups (broad SMARTS) is 1. The molecule has 0 aliphatic heterocycles. The van der Waals surface area contributed by atoms with Gasteiger partial charge in [-0.15, -0.1) is 0 Å².